The molecule has 1 saturated heterocycles. The smallest absolute Gasteiger partial charge is 0.275 e. The van der Waals surface area contributed by atoms with Gasteiger partial charge in [-0.05, 0) is 38.8 Å². The Bertz CT molecular complexity index is 1070. The molecule has 0 spiro atoms. The summed E-state index contributed by atoms with van der Waals surface area (Å²) in [4.78, 5) is 38.5. The molecule has 156 valence electrons. The summed E-state index contributed by atoms with van der Waals surface area (Å²) in [6.07, 6.45) is 7.05. The van der Waals surface area contributed by atoms with E-state index in [1.165, 1.54) is 29.9 Å². The summed E-state index contributed by atoms with van der Waals surface area (Å²) < 4.78 is 0.907. The second kappa shape index (κ2) is 8.08. The lowest BCUT2D eigenvalue weighted by atomic mass is 9.96. The maximum absolute atomic E-state index is 12.6. The van der Waals surface area contributed by atoms with Crippen molar-refractivity contribution in [2.75, 3.05) is 23.3 Å². The van der Waals surface area contributed by atoms with Crippen LogP contribution in [-0.2, 0) is 10.4 Å². The van der Waals surface area contributed by atoms with Gasteiger partial charge >= 0.3 is 0 Å². The maximum Gasteiger partial charge on any atom is 0.275 e. The molecule has 3 aromatic rings. The highest BCUT2D eigenvalue weighted by molar-refractivity contribution is 7.22. The van der Waals surface area contributed by atoms with E-state index in [0.717, 1.165) is 47.6 Å². The first-order chi connectivity index (χ1) is 14.3. The Morgan fingerprint density at radius 2 is 2.07 bits per heavy atom. The molecule has 0 atom stereocenters. The third-order valence-electron chi connectivity index (χ3n) is 5.22. The fourth-order valence-corrected chi connectivity index (χ4v) is 4.57. The molecule has 3 heterocycles. The number of amides is 1. The van der Waals surface area contributed by atoms with E-state index in [4.69, 9.17) is 4.98 Å². The van der Waals surface area contributed by atoms with Gasteiger partial charge in [-0.25, -0.2) is 9.97 Å². The van der Waals surface area contributed by atoms with E-state index < -0.39 is 11.5 Å². The highest BCUT2D eigenvalue weighted by Crippen LogP contribution is 2.37. The van der Waals surface area contributed by atoms with Crippen LogP contribution in [-0.4, -0.2) is 45.3 Å². The predicted octanol–water partition coefficient (Wildman–Crippen LogP) is 2.98. The van der Waals surface area contributed by atoms with Gasteiger partial charge in [-0.3, -0.25) is 9.78 Å². The molecule has 0 bridgehead atoms. The van der Waals surface area contributed by atoms with Crippen molar-refractivity contribution in [3.63, 3.8) is 0 Å². The lowest BCUT2D eigenvalue weighted by Crippen LogP contribution is -2.33. The second-order valence-corrected chi connectivity index (χ2v) is 8.94. The number of nitrogens with one attached hydrogen (secondary N) is 1. The molecule has 30 heavy (non-hydrogen) atoms. The first kappa shape index (κ1) is 20.4. The van der Waals surface area contributed by atoms with Crippen LogP contribution in [0.5, 0.6) is 0 Å². The highest BCUT2D eigenvalue weighted by atomic mass is 32.1. The summed E-state index contributed by atoms with van der Waals surface area (Å²) in [6, 6.07) is 3.66. The average Bonchev–Trinajstić information content (AvgIpc) is 3.16. The lowest BCUT2D eigenvalue weighted by molar-refractivity contribution is -0.111. The molecule has 1 fully saturated rings. The molecule has 2 N–H and O–H groups in total. The van der Waals surface area contributed by atoms with Crippen LogP contribution in [0.1, 0.15) is 42.7 Å². The first-order valence-corrected chi connectivity index (χ1v) is 10.6. The van der Waals surface area contributed by atoms with Crippen LogP contribution in [0, 0.1) is 5.92 Å². The van der Waals surface area contributed by atoms with Gasteiger partial charge in [0.2, 0.25) is 0 Å². The van der Waals surface area contributed by atoms with E-state index in [1.807, 2.05) is 12.1 Å². The van der Waals surface area contributed by atoms with Crippen LogP contribution in [0.15, 0.2) is 30.7 Å². The van der Waals surface area contributed by atoms with Crippen molar-refractivity contribution in [3.8, 4) is 0 Å². The summed E-state index contributed by atoms with van der Waals surface area (Å²) in [6.45, 7) is 4.92. The van der Waals surface area contributed by atoms with E-state index >= 15 is 0 Å². The summed E-state index contributed by atoms with van der Waals surface area (Å²) in [5.41, 5.74) is 0.874. The molecule has 4 rings (SSSR count). The van der Waals surface area contributed by atoms with Gasteiger partial charge in [-0.2, -0.15) is 0 Å². The first-order valence-electron chi connectivity index (χ1n) is 9.80. The molecular formula is C21H23N5O3S. The monoisotopic (exact) mass is 425 g/mol. The molecule has 0 aliphatic carbocycles. The van der Waals surface area contributed by atoms with Crippen molar-refractivity contribution >= 4 is 44.6 Å². The molecule has 0 radical (unpaired) electrons. The fraction of sp³-hybridized carbons (Fsp3) is 0.381. The SMILES string of the molecule is CC(C)(O)c1cc2nc(N3CCC(C=O)CC3)sc2cc1NC(=O)c1cnccn1. The largest absolute Gasteiger partial charge is 0.386 e. The second-order valence-electron chi connectivity index (χ2n) is 7.93. The molecule has 1 aliphatic heterocycles. The molecule has 1 aliphatic rings. The van der Waals surface area contributed by atoms with E-state index in [1.54, 1.807) is 13.8 Å². The summed E-state index contributed by atoms with van der Waals surface area (Å²) in [5, 5.41) is 14.4. The molecule has 1 aromatic carbocycles. The van der Waals surface area contributed by atoms with Crippen molar-refractivity contribution in [2.24, 2.45) is 5.92 Å². The van der Waals surface area contributed by atoms with Gasteiger partial charge in [0, 0.05) is 42.7 Å². The van der Waals surface area contributed by atoms with Crippen molar-refractivity contribution in [1.82, 2.24) is 15.0 Å². The summed E-state index contributed by atoms with van der Waals surface area (Å²) in [5.74, 6) is -0.269. The zero-order valence-electron chi connectivity index (χ0n) is 16.8. The van der Waals surface area contributed by atoms with E-state index in [9.17, 15) is 14.7 Å². The van der Waals surface area contributed by atoms with Crippen molar-refractivity contribution in [3.05, 3.63) is 42.0 Å². The van der Waals surface area contributed by atoms with Gasteiger partial charge in [0.15, 0.2) is 5.13 Å². The van der Waals surface area contributed by atoms with Crippen molar-refractivity contribution in [1.29, 1.82) is 0 Å². The highest BCUT2D eigenvalue weighted by Gasteiger charge is 2.25. The number of nitrogens with zero attached hydrogens (tertiary/aromatic N) is 4. The van der Waals surface area contributed by atoms with Crippen LogP contribution in [0.2, 0.25) is 0 Å². The number of carbonyl (C=O) groups excluding carboxylic acids is 2. The van der Waals surface area contributed by atoms with E-state index in [0.29, 0.717) is 11.3 Å². The number of aliphatic hydroxyl groups is 1. The molecule has 1 amide bonds. The van der Waals surface area contributed by atoms with E-state index in [2.05, 4.69) is 20.2 Å². The molecule has 8 nitrogen and oxygen atoms in total. The Morgan fingerprint density at radius 1 is 1.30 bits per heavy atom. The number of rotatable bonds is 5. The van der Waals surface area contributed by atoms with Crippen LogP contribution >= 0.6 is 11.3 Å². The number of hydrogen-bond acceptors (Lipinski definition) is 8. The quantitative estimate of drug-likeness (QED) is 0.605. The number of aldehydes is 1. The zero-order valence-corrected chi connectivity index (χ0v) is 17.6. The van der Waals surface area contributed by atoms with Crippen molar-refractivity contribution in [2.45, 2.75) is 32.3 Å². The van der Waals surface area contributed by atoms with Crippen LogP contribution in [0.3, 0.4) is 0 Å². The Kier molecular flexibility index (Phi) is 5.48. The number of benzene rings is 1. The number of carbonyl (C=O) groups is 2. The van der Waals surface area contributed by atoms with Gasteiger partial charge < -0.3 is 20.1 Å². The number of aromatic nitrogens is 3. The van der Waals surface area contributed by atoms with Gasteiger partial charge in [0.25, 0.3) is 5.91 Å². The van der Waals surface area contributed by atoms with Gasteiger partial charge in [-0.1, -0.05) is 11.3 Å². The molecule has 2 aromatic heterocycles. The molecule has 0 saturated carbocycles. The topological polar surface area (TPSA) is 108 Å². The summed E-state index contributed by atoms with van der Waals surface area (Å²) in [7, 11) is 0. The Hall–Kier alpha value is -2.91. The normalized spacial score (nSPS) is 15.4. The number of hydrogen-bond donors (Lipinski definition) is 2. The van der Waals surface area contributed by atoms with E-state index in [-0.39, 0.29) is 11.6 Å². The Labute approximate surface area is 178 Å². The minimum Gasteiger partial charge on any atom is -0.386 e. The lowest BCUT2D eigenvalue weighted by Gasteiger charge is -2.29. The molecule has 0 unspecified atom stereocenters. The summed E-state index contributed by atoms with van der Waals surface area (Å²) >= 11 is 1.53. The van der Waals surface area contributed by atoms with Crippen LogP contribution in [0.25, 0.3) is 10.2 Å². The number of fused-ring (bicyclic) bond motifs is 1. The van der Waals surface area contributed by atoms with Crippen LogP contribution < -0.4 is 10.2 Å². The Morgan fingerprint density at radius 3 is 2.70 bits per heavy atom. The molecular weight excluding hydrogens is 402 g/mol. The molecule has 9 heteroatoms. The third kappa shape index (κ3) is 4.17. The number of anilines is 2. The van der Waals surface area contributed by atoms with Gasteiger partial charge in [0.05, 0.1) is 22.0 Å². The van der Waals surface area contributed by atoms with Crippen LogP contribution in [0.4, 0.5) is 10.8 Å². The predicted molar refractivity (Wildman–Crippen MR) is 116 cm³/mol. The minimum atomic E-state index is -1.18. The van der Waals surface area contributed by atoms with Gasteiger partial charge in [0.1, 0.15) is 12.0 Å². The van der Waals surface area contributed by atoms with Crippen molar-refractivity contribution < 1.29 is 14.7 Å². The van der Waals surface area contributed by atoms with Gasteiger partial charge in [-0.15, -0.1) is 0 Å². The standard InChI is InChI=1S/C21H23N5O3S/c1-21(2,29)14-9-16-18(10-15(14)24-19(28)17-11-22-5-6-23-17)30-20(25-16)26-7-3-13(12-27)4-8-26/h5-6,9-13,29H,3-4,7-8H2,1-2H3,(H,24,28). The number of thiazole rings is 1. The minimum absolute atomic E-state index is 0.125. The fourth-order valence-electron chi connectivity index (χ4n) is 3.54. The zero-order chi connectivity index (χ0) is 21.3. The maximum atomic E-state index is 12.6. The average molecular weight is 426 g/mol. The Balaban J connectivity index is 1.67. The number of piperidine rings is 1. The third-order valence-corrected chi connectivity index (χ3v) is 6.30.